The number of aliphatic imine (C=N–C) groups is 1. The van der Waals surface area contributed by atoms with Crippen molar-refractivity contribution in [3.8, 4) is 0 Å². The van der Waals surface area contributed by atoms with Crippen LogP contribution in [-0.4, -0.2) is 20.4 Å². The standard InChI is InChI=1S/C21H21N3/c1-23(2)19-13-15-21(16-14-19)24(20-11-7-4-8-12-20)17-22-18-9-5-3-6-10-18/h3-17H,1-2H3. The lowest BCUT2D eigenvalue weighted by molar-refractivity contribution is 1.13. The van der Waals surface area contributed by atoms with Gasteiger partial charge >= 0.3 is 0 Å². The third kappa shape index (κ3) is 3.82. The zero-order valence-electron chi connectivity index (χ0n) is 14.0. The van der Waals surface area contributed by atoms with Crippen LogP contribution < -0.4 is 9.80 Å². The number of rotatable bonds is 5. The van der Waals surface area contributed by atoms with Gasteiger partial charge in [0.1, 0.15) is 6.34 Å². The summed E-state index contributed by atoms with van der Waals surface area (Å²) < 4.78 is 0. The maximum atomic E-state index is 4.61. The molecule has 0 aromatic heterocycles. The molecule has 0 bridgehead atoms. The lowest BCUT2D eigenvalue weighted by Gasteiger charge is -2.21. The molecule has 0 aliphatic heterocycles. The van der Waals surface area contributed by atoms with Crippen LogP contribution >= 0.6 is 0 Å². The number of nitrogens with zero attached hydrogens (tertiary/aromatic N) is 3. The van der Waals surface area contributed by atoms with E-state index in [1.54, 1.807) is 0 Å². The highest BCUT2D eigenvalue weighted by Gasteiger charge is 2.07. The molecule has 0 aliphatic carbocycles. The normalized spacial score (nSPS) is 10.8. The predicted molar refractivity (Wildman–Crippen MR) is 104 cm³/mol. The first-order valence-electron chi connectivity index (χ1n) is 7.95. The van der Waals surface area contributed by atoms with E-state index < -0.39 is 0 Å². The molecule has 0 atom stereocenters. The van der Waals surface area contributed by atoms with E-state index in [1.165, 1.54) is 5.69 Å². The van der Waals surface area contributed by atoms with Gasteiger partial charge < -0.3 is 9.80 Å². The molecule has 0 fully saturated rings. The first-order chi connectivity index (χ1) is 11.7. The molecule has 0 saturated heterocycles. The lowest BCUT2D eigenvalue weighted by Crippen LogP contribution is -2.14. The van der Waals surface area contributed by atoms with E-state index in [0.29, 0.717) is 0 Å². The summed E-state index contributed by atoms with van der Waals surface area (Å²) >= 11 is 0. The van der Waals surface area contributed by atoms with Crippen molar-refractivity contribution in [3.05, 3.63) is 84.9 Å². The van der Waals surface area contributed by atoms with Gasteiger partial charge in [-0.3, -0.25) is 0 Å². The van der Waals surface area contributed by atoms with E-state index in [2.05, 4.69) is 51.2 Å². The summed E-state index contributed by atoms with van der Waals surface area (Å²) in [5.41, 5.74) is 4.26. The monoisotopic (exact) mass is 315 g/mol. The van der Waals surface area contributed by atoms with Crippen molar-refractivity contribution >= 4 is 29.1 Å². The van der Waals surface area contributed by atoms with Crippen LogP contribution in [0.1, 0.15) is 0 Å². The Hall–Kier alpha value is -3.07. The molecule has 3 nitrogen and oxygen atoms in total. The van der Waals surface area contributed by atoms with Crippen molar-refractivity contribution in [2.75, 3.05) is 23.9 Å². The van der Waals surface area contributed by atoms with Crippen molar-refractivity contribution in [3.63, 3.8) is 0 Å². The maximum Gasteiger partial charge on any atom is 0.100 e. The van der Waals surface area contributed by atoms with Gasteiger partial charge in [0.15, 0.2) is 0 Å². The second-order valence-electron chi connectivity index (χ2n) is 5.70. The molecule has 3 rings (SSSR count). The van der Waals surface area contributed by atoms with Gasteiger partial charge in [-0.1, -0.05) is 36.4 Å². The summed E-state index contributed by atoms with van der Waals surface area (Å²) in [5.74, 6) is 0. The molecule has 0 heterocycles. The third-order valence-corrected chi connectivity index (χ3v) is 3.76. The molecule has 0 aliphatic rings. The average Bonchev–Trinajstić information content (AvgIpc) is 2.64. The Bertz CT molecular complexity index is 778. The van der Waals surface area contributed by atoms with Crippen LogP contribution in [0.25, 0.3) is 0 Å². The fourth-order valence-corrected chi connectivity index (χ4v) is 2.42. The maximum absolute atomic E-state index is 4.61. The van der Waals surface area contributed by atoms with Crippen molar-refractivity contribution < 1.29 is 0 Å². The highest BCUT2D eigenvalue weighted by Crippen LogP contribution is 2.26. The van der Waals surface area contributed by atoms with Gasteiger partial charge in [0, 0.05) is 31.2 Å². The highest BCUT2D eigenvalue weighted by atomic mass is 15.2. The Morgan fingerprint density at radius 2 is 1.12 bits per heavy atom. The number of anilines is 3. The van der Waals surface area contributed by atoms with Gasteiger partial charge in [-0.2, -0.15) is 0 Å². The zero-order valence-corrected chi connectivity index (χ0v) is 14.0. The van der Waals surface area contributed by atoms with Gasteiger partial charge in [-0.25, -0.2) is 4.99 Å². The first kappa shape index (κ1) is 15.8. The van der Waals surface area contributed by atoms with Gasteiger partial charge in [0.05, 0.1) is 5.69 Å². The first-order valence-corrected chi connectivity index (χ1v) is 7.95. The SMILES string of the molecule is CN(C)c1ccc(N(C=Nc2ccccc2)c2ccccc2)cc1. The number of para-hydroxylation sites is 2. The molecule has 0 spiro atoms. The molecular weight excluding hydrogens is 294 g/mol. The second kappa shape index (κ2) is 7.47. The van der Waals surface area contributed by atoms with Crippen LogP contribution in [0, 0.1) is 0 Å². The Balaban J connectivity index is 1.95. The van der Waals surface area contributed by atoms with Gasteiger partial charge in [-0.15, -0.1) is 0 Å². The predicted octanol–water partition coefficient (Wildman–Crippen LogP) is 5.25. The van der Waals surface area contributed by atoms with Crippen LogP contribution in [0.2, 0.25) is 0 Å². The largest absolute Gasteiger partial charge is 0.378 e. The van der Waals surface area contributed by atoms with Gasteiger partial charge in [0.2, 0.25) is 0 Å². The van der Waals surface area contributed by atoms with Crippen molar-refractivity contribution in [1.29, 1.82) is 0 Å². The summed E-state index contributed by atoms with van der Waals surface area (Å²) in [7, 11) is 4.08. The Morgan fingerprint density at radius 1 is 0.625 bits per heavy atom. The van der Waals surface area contributed by atoms with E-state index >= 15 is 0 Å². The summed E-state index contributed by atoms with van der Waals surface area (Å²) in [4.78, 5) is 8.79. The smallest absolute Gasteiger partial charge is 0.100 e. The van der Waals surface area contributed by atoms with E-state index in [0.717, 1.165) is 17.1 Å². The minimum Gasteiger partial charge on any atom is -0.378 e. The summed E-state index contributed by atoms with van der Waals surface area (Å²) in [5, 5.41) is 0. The minimum atomic E-state index is 0.934. The summed E-state index contributed by atoms with van der Waals surface area (Å²) in [6.07, 6.45) is 1.87. The van der Waals surface area contributed by atoms with Gasteiger partial charge in [0.25, 0.3) is 0 Å². The van der Waals surface area contributed by atoms with E-state index in [4.69, 9.17) is 0 Å². The Kier molecular flexibility index (Phi) is 4.92. The minimum absolute atomic E-state index is 0.934. The van der Waals surface area contributed by atoms with Crippen molar-refractivity contribution in [2.45, 2.75) is 0 Å². The molecule has 0 amide bonds. The van der Waals surface area contributed by atoms with Crippen LogP contribution in [0.4, 0.5) is 22.7 Å². The molecule has 0 N–H and O–H groups in total. The molecule has 0 saturated carbocycles. The fourth-order valence-electron chi connectivity index (χ4n) is 2.42. The molecule has 0 unspecified atom stereocenters. The molecule has 3 aromatic rings. The van der Waals surface area contributed by atoms with E-state index in [1.807, 2.05) is 69.0 Å². The highest BCUT2D eigenvalue weighted by molar-refractivity contribution is 5.90. The van der Waals surface area contributed by atoms with E-state index in [-0.39, 0.29) is 0 Å². The topological polar surface area (TPSA) is 18.8 Å². The molecular formula is C21H21N3. The zero-order chi connectivity index (χ0) is 16.8. The van der Waals surface area contributed by atoms with Crippen LogP contribution in [0.3, 0.4) is 0 Å². The number of benzene rings is 3. The van der Waals surface area contributed by atoms with Crippen LogP contribution in [-0.2, 0) is 0 Å². The Labute approximate surface area is 143 Å². The van der Waals surface area contributed by atoms with Crippen LogP contribution in [0.15, 0.2) is 89.9 Å². The number of hydrogen-bond donors (Lipinski definition) is 0. The molecule has 3 heteroatoms. The van der Waals surface area contributed by atoms with E-state index in [9.17, 15) is 0 Å². The third-order valence-electron chi connectivity index (χ3n) is 3.76. The fraction of sp³-hybridized carbons (Fsp3) is 0.0952. The van der Waals surface area contributed by atoms with Crippen LogP contribution in [0.5, 0.6) is 0 Å². The molecule has 0 radical (unpaired) electrons. The lowest BCUT2D eigenvalue weighted by atomic mass is 10.2. The van der Waals surface area contributed by atoms with Crippen molar-refractivity contribution in [2.24, 2.45) is 4.99 Å². The average molecular weight is 315 g/mol. The second-order valence-corrected chi connectivity index (χ2v) is 5.70. The molecule has 120 valence electrons. The quantitative estimate of drug-likeness (QED) is 0.473. The molecule has 3 aromatic carbocycles. The number of hydrogen-bond acceptors (Lipinski definition) is 2. The Morgan fingerprint density at radius 3 is 1.71 bits per heavy atom. The summed E-state index contributed by atoms with van der Waals surface area (Å²) in [6, 6.07) is 28.7. The summed E-state index contributed by atoms with van der Waals surface area (Å²) in [6.45, 7) is 0. The van der Waals surface area contributed by atoms with Gasteiger partial charge in [-0.05, 0) is 48.5 Å². The molecule has 24 heavy (non-hydrogen) atoms. The van der Waals surface area contributed by atoms with Crippen molar-refractivity contribution in [1.82, 2.24) is 0 Å².